The Kier molecular flexibility index (Phi) is 9.87. The van der Waals surface area contributed by atoms with Crippen LogP contribution in [-0.4, -0.2) is 51.5 Å². The summed E-state index contributed by atoms with van der Waals surface area (Å²) in [5, 5.41) is 15.9. The van der Waals surface area contributed by atoms with Gasteiger partial charge in [-0.1, -0.05) is 41.6 Å². The zero-order valence-electron chi connectivity index (χ0n) is 21.1. The second-order valence-electron chi connectivity index (χ2n) is 7.82. The molecule has 2 atom stereocenters. The van der Waals surface area contributed by atoms with E-state index in [1.807, 2.05) is 0 Å². The van der Waals surface area contributed by atoms with E-state index in [0.29, 0.717) is 33.5 Å². The summed E-state index contributed by atoms with van der Waals surface area (Å²) in [6, 6.07) is 12.0. The van der Waals surface area contributed by atoms with E-state index in [0.717, 1.165) is 11.8 Å². The maximum atomic E-state index is 13.1. The van der Waals surface area contributed by atoms with Gasteiger partial charge < -0.3 is 29.6 Å². The highest BCUT2D eigenvalue weighted by Crippen LogP contribution is 2.43. The van der Waals surface area contributed by atoms with Crippen LogP contribution in [0, 0.1) is 17.2 Å². The average molecular weight is 560 g/mol. The van der Waals surface area contributed by atoms with Gasteiger partial charge in [0.05, 0.1) is 61.1 Å². The number of methoxy groups -OCH3 is 3. The van der Waals surface area contributed by atoms with Crippen LogP contribution in [0.25, 0.3) is 0 Å². The molecule has 2 N–H and O–H groups in total. The summed E-state index contributed by atoms with van der Waals surface area (Å²) in [6.45, 7) is 1.69. The first-order valence-corrected chi connectivity index (χ1v) is 12.7. The lowest BCUT2D eigenvalue weighted by Crippen LogP contribution is -2.44. The largest absolute Gasteiger partial charge is 0.496 e. The molecule has 0 saturated carbocycles. The number of para-hydroxylation sites is 1. The quantitative estimate of drug-likeness (QED) is 0.328. The molecular weight excluding hydrogens is 534 g/mol. The summed E-state index contributed by atoms with van der Waals surface area (Å²) >= 11 is 7.07. The summed E-state index contributed by atoms with van der Waals surface area (Å²) in [5.74, 6) is -3.25. The minimum atomic E-state index is -1.31. The Morgan fingerprint density at radius 2 is 1.79 bits per heavy atom. The van der Waals surface area contributed by atoms with Gasteiger partial charge in [0.25, 0.3) is 0 Å². The van der Waals surface area contributed by atoms with Gasteiger partial charge in [-0.2, -0.15) is 5.26 Å². The molecule has 0 saturated heterocycles. The summed E-state index contributed by atoms with van der Waals surface area (Å²) in [6.07, 6.45) is 0. The molecule has 1 heterocycles. The van der Waals surface area contributed by atoms with Gasteiger partial charge in [0, 0.05) is 23.6 Å². The Bertz CT molecular complexity index is 1310. The number of hydrogen-bond donors (Lipinski definition) is 2. The van der Waals surface area contributed by atoms with Gasteiger partial charge in [0.1, 0.15) is 23.2 Å². The van der Waals surface area contributed by atoms with Crippen molar-refractivity contribution in [2.45, 2.75) is 12.8 Å². The summed E-state index contributed by atoms with van der Waals surface area (Å²) < 4.78 is 21.1. The van der Waals surface area contributed by atoms with E-state index in [1.165, 1.54) is 33.5 Å². The van der Waals surface area contributed by atoms with Gasteiger partial charge in [-0.15, -0.1) is 0 Å². The molecule has 1 aliphatic rings. The lowest BCUT2D eigenvalue weighted by Gasteiger charge is -2.31. The first kappa shape index (κ1) is 28.7. The molecule has 2 aromatic rings. The number of thioether (sulfide) groups is 1. The minimum Gasteiger partial charge on any atom is -0.496 e. The second kappa shape index (κ2) is 13.1. The number of benzene rings is 2. The molecular formula is C26H26ClN3O7S. The van der Waals surface area contributed by atoms with E-state index >= 15 is 0 Å². The van der Waals surface area contributed by atoms with Gasteiger partial charge in [-0.25, -0.2) is 0 Å². The number of halogens is 1. The van der Waals surface area contributed by atoms with Crippen LogP contribution in [0.3, 0.4) is 0 Å². The molecule has 0 radical (unpaired) electrons. The van der Waals surface area contributed by atoms with Crippen molar-refractivity contribution in [2.24, 2.45) is 5.92 Å². The molecule has 0 aliphatic carbocycles. The molecule has 200 valence electrons. The normalized spacial score (nSPS) is 16.7. The van der Waals surface area contributed by atoms with Crippen molar-refractivity contribution in [3.63, 3.8) is 0 Å². The number of nitrogens with zero attached hydrogens (tertiary/aromatic N) is 1. The number of carbonyl (C=O) groups excluding carboxylic acids is 3. The van der Waals surface area contributed by atoms with E-state index in [1.54, 1.807) is 31.2 Å². The third kappa shape index (κ3) is 6.15. The first-order valence-electron chi connectivity index (χ1n) is 11.4. The maximum Gasteiger partial charge on any atom is 0.319 e. The lowest BCUT2D eigenvalue weighted by atomic mass is 9.78. The third-order valence-electron chi connectivity index (χ3n) is 5.64. The molecule has 3 rings (SSSR count). The van der Waals surface area contributed by atoms with Crippen molar-refractivity contribution in [3.05, 3.63) is 57.6 Å². The van der Waals surface area contributed by atoms with Crippen LogP contribution in [0.15, 0.2) is 47.0 Å². The van der Waals surface area contributed by atoms with E-state index in [9.17, 15) is 19.6 Å². The first-order chi connectivity index (χ1) is 18.3. The number of hydrogen-bond acceptors (Lipinski definition) is 9. The van der Waals surface area contributed by atoms with Crippen molar-refractivity contribution >= 4 is 46.8 Å². The highest BCUT2D eigenvalue weighted by atomic mass is 35.5. The van der Waals surface area contributed by atoms with Crippen LogP contribution in [0.2, 0.25) is 5.02 Å². The fourth-order valence-corrected chi connectivity index (χ4v) is 5.05. The van der Waals surface area contributed by atoms with Crippen molar-refractivity contribution in [1.82, 2.24) is 5.32 Å². The average Bonchev–Trinajstić information content (AvgIpc) is 2.92. The Hall–Kier alpha value is -3.88. The number of ether oxygens (including phenoxy) is 4. The monoisotopic (exact) mass is 559 g/mol. The van der Waals surface area contributed by atoms with E-state index in [4.69, 9.17) is 30.5 Å². The smallest absolute Gasteiger partial charge is 0.319 e. The van der Waals surface area contributed by atoms with Crippen LogP contribution >= 0.6 is 23.4 Å². The number of anilines is 1. The van der Waals surface area contributed by atoms with Crippen molar-refractivity contribution in [2.75, 3.05) is 39.0 Å². The van der Waals surface area contributed by atoms with Gasteiger partial charge >= 0.3 is 5.97 Å². The fourth-order valence-electron chi connectivity index (χ4n) is 3.97. The number of rotatable bonds is 10. The van der Waals surface area contributed by atoms with Gasteiger partial charge in [0.2, 0.25) is 11.8 Å². The summed E-state index contributed by atoms with van der Waals surface area (Å²) in [4.78, 5) is 38.8. The molecule has 0 spiro atoms. The molecule has 0 unspecified atom stereocenters. The van der Waals surface area contributed by atoms with Crippen molar-refractivity contribution in [1.29, 1.82) is 5.26 Å². The van der Waals surface area contributed by atoms with E-state index < -0.39 is 29.6 Å². The lowest BCUT2D eigenvalue weighted by molar-refractivity contribution is -0.152. The minimum absolute atomic E-state index is 0.0631. The van der Waals surface area contributed by atoms with Crippen LogP contribution in [0.4, 0.5) is 5.69 Å². The molecule has 0 bridgehead atoms. The number of amides is 2. The SMILES string of the molecule is CCOC(=O)[C@@H]1C(=O)NC(SCC(=O)Nc2cc(OC)c(Cl)cc2OC)=C(C#N)[C@@H]1c1ccccc1OC. The standard InChI is InChI=1S/C26H26ClN3O7S/c1-5-37-26(33)23-22(14-8-6-7-9-18(14)34-2)15(12-28)25(30-24(23)32)38-13-21(31)29-17-11-19(35-3)16(27)10-20(17)36-4/h6-11,22-23H,5,13H2,1-4H3,(H,29,31)(H,30,32)/t22-,23-/m0/s1. The molecule has 0 aromatic heterocycles. The van der Waals surface area contributed by atoms with Gasteiger partial charge in [0.15, 0.2) is 0 Å². The number of nitrogens with one attached hydrogen (secondary N) is 2. The fraction of sp³-hybridized carbons (Fsp3) is 0.308. The molecule has 2 aromatic carbocycles. The number of esters is 1. The summed E-state index contributed by atoms with van der Waals surface area (Å²) in [5.41, 5.74) is 0.909. The van der Waals surface area contributed by atoms with Gasteiger partial charge in [-0.05, 0) is 13.0 Å². The topological polar surface area (TPSA) is 136 Å². The highest BCUT2D eigenvalue weighted by Gasteiger charge is 2.45. The Balaban J connectivity index is 1.94. The van der Waals surface area contributed by atoms with Gasteiger partial charge in [-0.3, -0.25) is 14.4 Å². The molecule has 10 nitrogen and oxygen atoms in total. The number of carbonyl (C=O) groups is 3. The molecule has 1 aliphatic heterocycles. The van der Waals surface area contributed by atoms with Crippen LogP contribution in [0.1, 0.15) is 18.4 Å². The maximum absolute atomic E-state index is 13.1. The number of allylic oxidation sites excluding steroid dienone is 1. The Morgan fingerprint density at radius 3 is 2.42 bits per heavy atom. The van der Waals surface area contributed by atoms with Crippen LogP contribution in [-0.2, 0) is 19.1 Å². The van der Waals surface area contributed by atoms with E-state index in [2.05, 4.69) is 16.7 Å². The van der Waals surface area contributed by atoms with Crippen molar-refractivity contribution < 1.29 is 33.3 Å². The van der Waals surface area contributed by atoms with Crippen LogP contribution in [0.5, 0.6) is 17.2 Å². The Morgan fingerprint density at radius 1 is 1.11 bits per heavy atom. The van der Waals surface area contributed by atoms with E-state index in [-0.39, 0.29) is 23.0 Å². The molecule has 12 heteroatoms. The van der Waals surface area contributed by atoms with Crippen molar-refractivity contribution in [3.8, 4) is 23.3 Å². The zero-order chi connectivity index (χ0) is 27.8. The predicted octanol–water partition coefficient (Wildman–Crippen LogP) is 3.87. The molecule has 0 fully saturated rings. The number of nitriles is 1. The highest BCUT2D eigenvalue weighted by molar-refractivity contribution is 8.03. The second-order valence-corrected chi connectivity index (χ2v) is 9.21. The zero-order valence-corrected chi connectivity index (χ0v) is 22.7. The van der Waals surface area contributed by atoms with Crippen LogP contribution < -0.4 is 24.8 Å². The Labute approximate surface area is 229 Å². The predicted molar refractivity (Wildman–Crippen MR) is 142 cm³/mol. The molecule has 2 amide bonds. The summed E-state index contributed by atoms with van der Waals surface area (Å²) in [7, 11) is 4.33. The molecule has 38 heavy (non-hydrogen) atoms. The third-order valence-corrected chi connectivity index (χ3v) is 6.95.